The summed E-state index contributed by atoms with van der Waals surface area (Å²) < 4.78 is 0. The van der Waals surface area contributed by atoms with E-state index in [1.807, 2.05) is 0 Å². The number of likely N-dealkylation sites (tertiary alicyclic amines) is 4. The molecule has 0 spiro atoms. The Labute approximate surface area is 445 Å². The van der Waals surface area contributed by atoms with Crippen molar-refractivity contribution < 1.29 is 0 Å². The smallest absolute Gasteiger partial charge is 0.0109 e. The van der Waals surface area contributed by atoms with Crippen molar-refractivity contribution in [2.45, 2.75) is 222 Å². The third-order valence-corrected chi connectivity index (χ3v) is 18.5. The van der Waals surface area contributed by atoms with Crippen molar-refractivity contribution in [1.29, 1.82) is 0 Å². The molecule has 0 N–H and O–H groups in total. The minimum absolute atomic E-state index is 0.869. The Morgan fingerprint density at radius 3 is 0.944 bits per heavy atom. The van der Waals surface area contributed by atoms with Gasteiger partial charge in [0.2, 0.25) is 0 Å². The van der Waals surface area contributed by atoms with E-state index in [0.717, 1.165) is 48.1 Å². The van der Waals surface area contributed by atoms with Gasteiger partial charge in [-0.3, -0.25) is 0 Å². The first kappa shape index (κ1) is 64.9. The topological polar surface area (TPSA) is 32.4 Å². The van der Waals surface area contributed by atoms with E-state index >= 15 is 0 Å². The van der Waals surface area contributed by atoms with Crippen LogP contribution in [0.5, 0.6) is 0 Å². The van der Waals surface area contributed by atoms with Crippen LogP contribution in [0.15, 0.2) is 0 Å². The Kier molecular flexibility index (Phi) is 34.9. The van der Waals surface area contributed by atoms with E-state index in [0.29, 0.717) is 0 Å². The summed E-state index contributed by atoms with van der Waals surface area (Å²) in [5.74, 6) is 2.15. The standard InChI is InChI=1S/C11H24N2.C9H20N2.C8H17N.2C7H13N.C7H15N.2C6H13N/c1-12(2)9-10-13(3)11-7-5-4-6-8-11;1-10(2)8-9-11-6-4-3-5-7-11;1-9(2)8-6-4-3-5-7-8;2*1-8-5-6-2-3-7(8)4-6;1-8(2)7-5-3-4-6-7;1-7(2)6-4-3-5-6;1-7-5-3-2-4-6-7/h11H,4-10H2,1-3H3;3-9H2,1-2H3;8H,3-7H2,1-2H3;2*6-7H,2-5H2,1H3;7H,3-6H2,1-2H3;6H,3-5H2,1-2H3;2-6H2,1H3/t;;;2*6-,7+;;;/m...10.../s1. The average Bonchev–Trinajstić information content (AvgIpc) is 4.23. The van der Waals surface area contributed by atoms with Gasteiger partial charge in [-0.2, -0.15) is 0 Å². The van der Waals surface area contributed by atoms with Crippen LogP contribution in [-0.2, 0) is 0 Å². The minimum atomic E-state index is 0.869. The molecule has 10 heteroatoms. The van der Waals surface area contributed by atoms with Gasteiger partial charge in [0.1, 0.15) is 0 Å². The van der Waals surface area contributed by atoms with E-state index in [1.54, 1.807) is 0 Å². The number of likely N-dealkylation sites (N-methyl/N-ethyl adjacent to an activating group) is 3. The highest BCUT2D eigenvalue weighted by atomic mass is 15.2. The molecule has 4 bridgehead atoms. The van der Waals surface area contributed by atoms with Crippen LogP contribution >= 0.6 is 0 Å². The van der Waals surface area contributed by atoms with Crippen molar-refractivity contribution in [3.63, 3.8) is 0 Å². The van der Waals surface area contributed by atoms with Gasteiger partial charge in [-0.05, 0) is 252 Å². The maximum absolute atomic E-state index is 2.57. The van der Waals surface area contributed by atoms with Gasteiger partial charge in [0, 0.05) is 75.5 Å². The molecule has 0 unspecified atom stereocenters. The van der Waals surface area contributed by atoms with E-state index in [1.165, 1.54) is 252 Å². The number of hydrogen-bond donors (Lipinski definition) is 0. The predicted octanol–water partition coefficient (Wildman–Crippen LogP) is 10.6. The molecule has 71 heavy (non-hydrogen) atoms. The van der Waals surface area contributed by atoms with Crippen molar-refractivity contribution in [3.8, 4) is 0 Å². The van der Waals surface area contributed by atoms with Crippen LogP contribution < -0.4 is 0 Å². The van der Waals surface area contributed by atoms with Gasteiger partial charge in [-0.15, -0.1) is 0 Å². The number of piperidine rings is 4. The molecule has 4 aliphatic heterocycles. The number of nitrogens with zero attached hydrogens (tertiary/aromatic N) is 10. The van der Waals surface area contributed by atoms with Crippen LogP contribution in [0.25, 0.3) is 0 Å². The van der Waals surface area contributed by atoms with Crippen LogP contribution in [0, 0.1) is 11.8 Å². The Bertz CT molecular complexity index is 1180. The molecule has 0 amide bonds. The fourth-order valence-corrected chi connectivity index (χ4v) is 12.9. The van der Waals surface area contributed by atoms with Gasteiger partial charge in [-0.25, -0.2) is 0 Å². The summed E-state index contributed by atoms with van der Waals surface area (Å²) in [7, 11) is 30.6. The lowest BCUT2D eigenvalue weighted by molar-refractivity contribution is 0.177. The van der Waals surface area contributed by atoms with Crippen molar-refractivity contribution in [1.82, 2.24) is 49.0 Å². The highest BCUT2D eigenvalue weighted by Crippen LogP contribution is 2.36. The fraction of sp³-hybridized carbons (Fsp3) is 1.00. The second kappa shape index (κ2) is 38.2. The molecule has 4 heterocycles. The first-order valence-corrected chi connectivity index (χ1v) is 30.8. The Morgan fingerprint density at radius 1 is 0.338 bits per heavy atom. The Hall–Kier alpha value is -0.400. The van der Waals surface area contributed by atoms with Crippen molar-refractivity contribution >= 4 is 0 Å². The van der Waals surface area contributed by atoms with Gasteiger partial charge in [0.05, 0.1) is 0 Å². The van der Waals surface area contributed by atoms with E-state index < -0.39 is 0 Å². The Morgan fingerprint density at radius 2 is 0.690 bits per heavy atom. The summed E-state index contributed by atoms with van der Waals surface area (Å²) in [5, 5.41) is 0. The molecule has 422 valence electrons. The van der Waals surface area contributed by atoms with E-state index in [2.05, 4.69) is 148 Å². The summed E-state index contributed by atoms with van der Waals surface area (Å²) in [6, 6.07) is 5.52. The molecule has 10 nitrogen and oxygen atoms in total. The third kappa shape index (κ3) is 29.1. The summed E-state index contributed by atoms with van der Waals surface area (Å²) in [4.78, 5) is 24.1. The van der Waals surface area contributed by atoms with Crippen molar-refractivity contribution in [3.05, 3.63) is 0 Å². The summed E-state index contributed by atoms with van der Waals surface area (Å²) >= 11 is 0. The molecular weight excluding hydrogens is 873 g/mol. The maximum Gasteiger partial charge on any atom is 0.0109 e. The highest BCUT2D eigenvalue weighted by molar-refractivity contribution is 4.91. The molecule has 4 saturated heterocycles. The largest absolute Gasteiger partial charge is 0.308 e. The number of hydrogen-bond acceptors (Lipinski definition) is 10. The lowest BCUT2D eigenvalue weighted by atomic mass is 9.92. The molecule has 10 rings (SSSR count). The molecule has 0 aromatic carbocycles. The van der Waals surface area contributed by atoms with Gasteiger partial charge in [-0.1, -0.05) is 70.6 Å². The second-order valence-electron chi connectivity index (χ2n) is 25.9. The zero-order valence-electron chi connectivity index (χ0n) is 50.7. The molecule has 10 aliphatic rings. The normalized spacial score (nSPS) is 27.5. The van der Waals surface area contributed by atoms with Gasteiger partial charge in [0.15, 0.2) is 0 Å². The fourth-order valence-electron chi connectivity index (χ4n) is 12.9. The number of fused-ring (bicyclic) bond motifs is 4. The zero-order valence-corrected chi connectivity index (χ0v) is 50.7. The SMILES string of the molecule is CN(C)C1CCC1.CN(C)C1CCCC1.CN(C)C1CCCCC1.CN(C)CCN(C)C1CCCCC1.CN(C)CCN1CCCCC1.CN1CCCCC1.CN1C[C@@H]2CC[C@H]1C2.CN1C[C@H]2CC[C@@H]1C2. The monoisotopic (exact) mass is 1000 g/mol. The first-order valence-electron chi connectivity index (χ1n) is 30.8. The van der Waals surface area contributed by atoms with E-state index in [-0.39, 0.29) is 0 Å². The van der Waals surface area contributed by atoms with Crippen LogP contribution in [0.4, 0.5) is 0 Å². The zero-order chi connectivity index (χ0) is 52.0. The van der Waals surface area contributed by atoms with Gasteiger partial charge >= 0.3 is 0 Å². The quantitative estimate of drug-likeness (QED) is 0.211. The number of rotatable bonds is 10. The average molecular weight is 1000 g/mol. The Balaban J connectivity index is 0.000000216. The molecule has 0 aromatic heterocycles. The molecular formula is C61H128N10. The lowest BCUT2D eigenvalue weighted by Crippen LogP contribution is -2.37. The predicted molar refractivity (Wildman–Crippen MR) is 314 cm³/mol. The second-order valence-corrected chi connectivity index (χ2v) is 25.9. The maximum atomic E-state index is 2.57. The summed E-state index contributed by atoms with van der Waals surface area (Å²) in [6.07, 6.45) is 41.9. The highest BCUT2D eigenvalue weighted by Gasteiger charge is 2.36. The van der Waals surface area contributed by atoms with Crippen LogP contribution in [0.2, 0.25) is 0 Å². The van der Waals surface area contributed by atoms with Crippen LogP contribution in [0.3, 0.4) is 0 Å². The van der Waals surface area contributed by atoms with E-state index in [4.69, 9.17) is 0 Å². The lowest BCUT2D eigenvalue weighted by Gasteiger charge is -2.31. The van der Waals surface area contributed by atoms with Crippen molar-refractivity contribution in [2.24, 2.45) is 11.8 Å². The molecule has 0 aromatic rings. The van der Waals surface area contributed by atoms with Crippen molar-refractivity contribution in [2.75, 3.05) is 164 Å². The molecule has 6 aliphatic carbocycles. The van der Waals surface area contributed by atoms with Gasteiger partial charge < -0.3 is 49.0 Å². The summed E-state index contributed by atoms with van der Waals surface area (Å²) in [6.45, 7) is 12.9. The van der Waals surface area contributed by atoms with E-state index in [9.17, 15) is 0 Å². The summed E-state index contributed by atoms with van der Waals surface area (Å²) in [5.41, 5.74) is 0. The minimum Gasteiger partial charge on any atom is -0.308 e. The van der Waals surface area contributed by atoms with Crippen LogP contribution in [0.1, 0.15) is 186 Å². The van der Waals surface area contributed by atoms with Crippen LogP contribution in [-0.4, -0.2) is 249 Å². The first-order chi connectivity index (χ1) is 34.0. The third-order valence-electron chi connectivity index (χ3n) is 18.5. The molecule has 6 saturated carbocycles. The molecule has 4 atom stereocenters. The van der Waals surface area contributed by atoms with Gasteiger partial charge in [0.25, 0.3) is 0 Å². The molecule has 0 radical (unpaired) electrons. The molecule has 10 fully saturated rings.